The van der Waals surface area contributed by atoms with Gasteiger partial charge in [0, 0.05) is 17.2 Å². The molecule has 82 valence electrons. The maximum atomic E-state index is 5.64. The van der Waals surface area contributed by atoms with Gasteiger partial charge in [-0.3, -0.25) is 4.98 Å². The molecule has 0 aliphatic carbocycles. The number of aromatic nitrogens is 1. The summed E-state index contributed by atoms with van der Waals surface area (Å²) in [5, 5.41) is 3.26. The fourth-order valence-corrected chi connectivity index (χ4v) is 1.63. The van der Waals surface area contributed by atoms with Crippen LogP contribution in [0.15, 0.2) is 47.2 Å². The second-order valence-electron chi connectivity index (χ2n) is 3.49. The Morgan fingerprint density at radius 2 is 1.94 bits per heavy atom. The number of benzene rings is 1. The number of nitrogen functional groups attached to an aromatic ring is 1. The molecular weight excluding hydrogens is 266 g/mol. The van der Waals surface area contributed by atoms with Gasteiger partial charge in [0.05, 0.1) is 17.6 Å². The predicted molar refractivity (Wildman–Crippen MR) is 70.1 cm³/mol. The van der Waals surface area contributed by atoms with Crippen molar-refractivity contribution in [2.24, 2.45) is 0 Å². The minimum atomic E-state index is 0.667. The molecule has 0 atom stereocenters. The van der Waals surface area contributed by atoms with Crippen molar-refractivity contribution in [3.63, 3.8) is 0 Å². The summed E-state index contributed by atoms with van der Waals surface area (Å²) in [6, 6.07) is 10.0. The predicted octanol–water partition coefficient (Wildman–Crippen LogP) is 3.04. The first kappa shape index (κ1) is 11.0. The molecule has 0 radical (unpaired) electrons. The standard InChI is InChI=1S/C12H12BrN3/c13-10-3-1-9(2-4-10)6-16-12-5-11(14)7-15-8-12/h1-5,7-8,16H,6,14H2. The molecule has 3 nitrogen and oxygen atoms in total. The highest BCUT2D eigenvalue weighted by atomic mass is 79.9. The van der Waals surface area contributed by atoms with E-state index in [-0.39, 0.29) is 0 Å². The van der Waals surface area contributed by atoms with Gasteiger partial charge in [-0.15, -0.1) is 0 Å². The SMILES string of the molecule is Nc1cncc(NCc2ccc(Br)cc2)c1. The van der Waals surface area contributed by atoms with Crippen molar-refractivity contribution >= 4 is 27.3 Å². The topological polar surface area (TPSA) is 50.9 Å². The van der Waals surface area contributed by atoms with Gasteiger partial charge in [-0.1, -0.05) is 28.1 Å². The van der Waals surface area contributed by atoms with Crippen molar-refractivity contribution in [2.45, 2.75) is 6.54 Å². The van der Waals surface area contributed by atoms with Crippen molar-refractivity contribution in [1.29, 1.82) is 0 Å². The molecule has 0 spiro atoms. The lowest BCUT2D eigenvalue weighted by atomic mass is 10.2. The van der Waals surface area contributed by atoms with E-state index in [1.54, 1.807) is 12.4 Å². The largest absolute Gasteiger partial charge is 0.397 e. The number of nitrogens with one attached hydrogen (secondary N) is 1. The molecule has 0 saturated heterocycles. The second kappa shape index (κ2) is 4.99. The van der Waals surface area contributed by atoms with Crippen LogP contribution in [0.5, 0.6) is 0 Å². The highest BCUT2D eigenvalue weighted by Gasteiger charge is 1.95. The van der Waals surface area contributed by atoms with E-state index in [2.05, 4.69) is 38.4 Å². The van der Waals surface area contributed by atoms with Gasteiger partial charge < -0.3 is 11.1 Å². The molecule has 16 heavy (non-hydrogen) atoms. The van der Waals surface area contributed by atoms with E-state index >= 15 is 0 Å². The normalized spacial score (nSPS) is 10.1. The molecule has 2 rings (SSSR count). The average Bonchev–Trinajstić information content (AvgIpc) is 2.28. The van der Waals surface area contributed by atoms with Crippen LogP contribution >= 0.6 is 15.9 Å². The summed E-state index contributed by atoms with van der Waals surface area (Å²) in [6.45, 7) is 0.762. The van der Waals surface area contributed by atoms with Crippen LogP contribution in [0.25, 0.3) is 0 Å². The van der Waals surface area contributed by atoms with Crippen molar-refractivity contribution in [2.75, 3.05) is 11.1 Å². The van der Waals surface area contributed by atoms with Crippen LogP contribution in [-0.4, -0.2) is 4.98 Å². The zero-order valence-electron chi connectivity index (χ0n) is 8.65. The Morgan fingerprint density at radius 1 is 1.19 bits per heavy atom. The lowest BCUT2D eigenvalue weighted by Crippen LogP contribution is -2.00. The number of nitrogens with two attached hydrogens (primary N) is 1. The Morgan fingerprint density at radius 3 is 2.62 bits per heavy atom. The highest BCUT2D eigenvalue weighted by Crippen LogP contribution is 2.13. The van der Waals surface area contributed by atoms with Gasteiger partial charge in [-0.05, 0) is 23.8 Å². The first-order valence-electron chi connectivity index (χ1n) is 4.93. The first-order chi connectivity index (χ1) is 7.74. The van der Waals surface area contributed by atoms with Gasteiger partial charge in [0.25, 0.3) is 0 Å². The average molecular weight is 278 g/mol. The molecule has 0 unspecified atom stereocenters. The smallest absolute Gasteiger partial charge is 0.0550 e. The Balaban J connectivity index is 1.99. The van der Waals surface area contributed by atoms with E-state index in [0.717, 1.165) is 16.7 Å². The number of pyridine rings is 1. The summed E-state index contributed by atoms with van der Waals surface area (Å²) in [5.74, 6) is 0. The van der Waals surface area contributed by atoms with Crippen LogP contribution in [0, 0.1) is 0 Å². The molecule has 0 aliphatic heterocycles. The third kappa shape index (κ3) is 2.97. The van der Waals surface area contributed by atoms with Crippen LogP contribution in [0.3, 0.4) is 0 Å². The van der Waals surface area contributed by atoms with Gasteiger partial charge in [-0.2, -0.15) is 0 Å². The summed E-state index contributed by atoms with van der Waals surface area (Å²) >= 11 is 3.40. The van der Waals surface area contributed by atoms with Gasteiger partial charge >= 0.3 is 0 Å². The van der Waals surface area contributed by atoms with Crippen LogP contribution in [0.4, 0.5) is 11.4 Å². The van der Waals surface area contributed by atoms with Crippen LogP contribution < -0.4 is 11.1 Å². The molecule has 4 heteroatoms. The lowest BCUT2D eigenvalue weighted by molar-refractivity contribution is 1.14. The van der Waals surface area contributed by atoms with Crippen LogP contribution in [-0.2, 0) is 6.54 Å². The van der Waals surface area contributed by atoms with Gasteiger partial charge in [0.2, 0.25) is 0 Å². The molecule has 1 aromatic carbocycles. The molecule has 3 N–H and O–H groups in total. The van der Waals surface area contributed by atoms with E-state index in [1.807, 2.05) is 18.2 Å². The van der Waals surface area contributed by atoms with Gasteiger partial charge in [0.15, 0.2) is 0 Å². The summed E-state index contributed by atoms with van der Waals surface area (Å²) in [4.78, 5) is 4.02. The summed E-state index contributed by atoms with van der Waals surface area (Å²) in [6.07, 6.45) is 3.39. The molecule has 1 heterocycles. The number of hydrogen-bond acceptors (Lipinski definition) is 3. The van der Waals surface area contributed by atoms with Crippen molar-refractivity contribution in [1.82, 2.24) is 4.98 Å². The number of nitrogens with zero attached hydrogens (tertiary/aromatic N) is 1. The highest BCUT2D eigenvalue weighted by molar-refractivity contribution is 9.10. The molecule has 2 aromatic rings. The Labute approximate surface area is 103 Å². The second-order valence-corrected chi connectivity index (χ2v) is 4.40. The lowest BCUT2D eigenvalue weighted by Gasteiger charge is -2.06. The monoisotopic (exact) mass is 277 g/mol. The van der Waals surface area contributed by atoms with Crippen LogP contribution in [0.1, 0.15) is 5.56 Å². The zero-order chi connectivity index (χ0) is 11.4. The van der Waals surface area contributed by atoms with Crippen molar-refractivity contribution in [3.8, 4) is 0 Å². The number of hydrogen-bond donors (Lipinski definition) is 2. The third-order valence-corrected chi connectivity index (χ3v) is 2.70. The van der Waals surface area contributed by atoms with Gasteiger partial charge in [-0.25, -0.2) is 0 Å². The van der Waals surface area contributed by atoms with E-state index in [9.17, 15) is 0 Å². The third-order valence-electron chi connectivity index (χ3n) is 2.17. The van der Waals surface area contributed by atoms with Gasteiger partial charge in [0.1, 0.15) is 0 Å². The Hall–Kier alpha value is -1.55. The van der Waals surface area contributed by atoms with E-state index < -0.39 is 0 Å². The summed E-state index contributed by atoms with van der Waals surface area (Å²) in [7, 11) is 0. The number of rotatable bonds is 3. The van der Waals surface area contributed by atoms with Crippen molar-refractivity contribution in [3.05, 3.63) is 52.8 Å². The number of anilines is 2. The first-order valence-corrected chi connectivity index (χ1v) is 5.72. The Bertz CT molecular complexity index is 468. The molecule has 0 aliphatic rings. The maximum Gasteiger partial charge on any atom is 0.0550 e. The van der Waals surface area contributed by atoms with Crippen LogP contribution in [0.2, 0.25) is 0 Å². The zero-order valence-corrected chi connectivity index (χ0v) is 10.2. The molecule has 0 bridgehead atoms. The molecule has 0 amide bonds. The Kier molecular flexibility index (Phi) is 3.41. The maximum absolute atomic E-state index is 5.64. The molecule has 0 fully saturated rings. The van der Waals surface area contributed by atoms with Crippen molar-refractivity contribution < 1.29 is 0 Å². The summed E-state index contributed by atoms with van der Waals surface area (Å²) < 4.78 is 1.09. The molecular formula is C12H12BrN3. The fourth-order valence-electron chi connectivity index (χ4n) is 1.36. The van der Waals surface area contributed by atoms with E-state index in [4.69, 9.17) is 5.73 Å². The minimum Gasteiger partial charge on any atom is -0.397 e. The fraction of sp³-hybridized carbons (Fsp3) is 0.0833. The molecule has 1 aromatic heterocycles. The minimum absolute atomic E-state index is 0.667. The summed E-state index contributed by atoms with van der Waals surface area (Å²) in [5.41, 5.74) is 8.45. The van der Waals surface area contributed by atoms with E-state index in [1.165, 1.54) is 5.56 Å². The van der Waals surface area contributed by atoms with E-state index in [0.29, 0.717) is 5.69 Å². The molecule has 0 saturated carbocycles. The number of halogens is 1. The quantitative estimate of drug-likeness (QED) is 0.907.